The van der Waals surface area contributed by atoms with Gasteiger partial charge in [-0.1, -0.05) is 12.1 Å². The summed E-state index contributed by atoms with van der Waals surface area (Å²) in [7, 11) is -4.40. The fourth-order valence-corrected chi connectivity index (χ4v) is 6.47. The molecule has 0 aliphatic rings. The Balaban J connectivity index is -0.000000138. The van der Waals surface area contributed by atoms with Gasteiger partial charge in [-0.05, 0) is 35.4 Å². The Labute approximate surface area is 401 Å². The second-order valence-corrected chi connectivity index (χ2v) is 13.3. The van der Waals surface area contributed by atoms with Gasteiger partial charge in [0, 0.05) is 24.3 Å². The van der Waals surface area contributed by atoms with Gasteiger partial charge >= 0.3 is 48.9 Å². The fourth-order valence-electron chi connectivity index (χ4n) is 5.13. The van der Waals surface area contributed by atoms with E-state index in [0.29, 0.717) is 11.5 Å². The summed E-state index contributed by atoms with van der Waals surface area (Å²) in [5.41, 5.74) is -0.772. The summed E-state index contributed by atoms with van der Waals surface area (Å²) in [4.78, 5) is 24.3. The number of aromatic hydroxyl groups is 2. The van der Waals surface area contributed by atoms with E-state index in [1.165, 1.54) is 77.0 Å². The monoisotopic (exact) mass is 1090 g/mol. The zero-order valence-corrected chi connectivity index (χ0v) is 39.6. The van der Waals surface area contributed by atoms with Crippen LogP contribution in [0.15, 0.2) is 101 Å². The van der Waals surface area contributed by atoms with E-state index in [9.17, 15) is 45.7 Å². The summed E-state index contributed by atoms with van der Waals surface area (Å²) >= 11 is 0. The predicted molar refractivity (Wildman–Crippen MR) is 227 cm³/mol. The van der Waals surface area contributed by atoms with Crippen molar-refractivity contribution >= 4 is 91.1 Å². The number of phenols is 2. The number of phenolic OH excluding ortho intramolecular Hbond substituents is 2. The number of hydrogen-bond donors (Lipinski definition) is 2. The van der Waals surface area contributed by atoms with Gasteiger partial charge in [-0.2, -0.15) is 0 Å². The third kappa shape index (κ3) is 15.6. The quantitative estimate of drug-likeness (QED) is 0.106. The van der Waals surface area contributed by atoms with E-state index in [1.54, 1.807) is 0 Å². The van der Waals surface area contributed by atoms with Crippen molar-refractivity contribution in [3.05, 3.63) is 93.6 Å². The molecule has 0 amide bonds. The Morgan fingerprint density at radius 1 is 0.484 bits per heavy atom. The first-order valence-electron chi connectivity index (χ1n) is 14.5. The van der Waals surface area contributed by atoms with Gasteiger partial charge in [-0.3, -0.25) is 9.59 Å². The number of methoxy groups -OCH3 is 4. The molecular formula is C34H48BaO27S2. The SMILES string of the molecule is COc1cc(O)c2c(=O)c(-c3ccc(OC)c(S(=O)(=O)[O-])c3)coc2c1.COc1cc(O)c2c(=O)c(-c3ccc(OC)c(S(=O)(=O)[O-])c3)coc2c1.O.O.O.O.O.O.O.O.O.O.O.[Ba+2]. The van der Waals surface area contributed by atoms with Crippen LogP contribution in [0, 0.1) is 0 Å². The van der Waals surface area contributed by atoms with Crippen molar-refractivity contribution in [2.75, 3.05) is 28.4 Å². The van der Waals surface area contributed by atoms with Crippen LogP contribution >= 0.6 is 0 Å². The molecule has 27 nitrogen and oxygen atoms in total. The summed E-state index contributed by atoms with van der Waals surface area (Å²) < 4.78 is 99.1. The van der Waals surface area contributed by atoms with Crippen LogP contribution in [0.4, 0.5) is 0 Å². The molecule has 0 atom stereocenters. The molecule has 0 aliphatic carbocycles. The Morgan fingerprint density at radius 2 is 0.781 bits per heavy atom. The molecule has 0 unspecified atom stereocenters. The minimum absolute atomic E-state index is 0. The van der Waals surface area contributed by atoms with Crippen LogP contribution in [0.3, 0.4) is 0 Å². The molecule has 0 fully saturated rings. The topological polar surface area (TPSA) is 599 Å². The summed E-state index contributed by atoms with van der Waals surface area (Å²) in [6.45, 7) is 0. The number of hydrogen-bond acceptors (Lipinski definition) is 16. The average molecular weight is 1090 g/mol. The van der Waals surface area contributed by atoms with E-state index in [-0.39, 0.29) is 176 Å². The van der Waals surface area contributed by atoms with Crippen molar-refractivity contribution in [2.45, 2.75) is 9.79 Å². The third-order valence-corrected chi connectivity index (χ3v) is 9.34. The van der Waals surface area contributed by atoms with Gasteiger partial charge in [0.05, 0.1) is 49.4 Å². The van der Waals surface area contributed by atoms with Crippen molar-refractivity contribution < 1.29 is 124 Å². The molecule has 24 N–H and O–H groups in total. The zero-order valence-electron chi connectivity index (χ0n) is 33.6. The molecule has 360 valence electrons. The molecule has 0 aliphatic heterocycles. The van der Waals surface area contributed by atoms with Crippen molar-refractivity contribution in [1.82, 2.24) is 0 Å². The van der Waals surface area contributed by atoms with Crippen LogP contribution < -0.4 is 29.8 Å². The Hall–Kier alpha value is -4.95. The smallest absolute Gasteiger partial charge is 0.744 e. The number of fused-ring (bicyclic) bond motifs is 2. The van der Waals surface area contributed by atoms with Gasteiger partial charge in [-0.15, -0.1) is 0 Å². The fraction of sp³-hybridized carbons (Fsp3) is 0.118. The molecule has 0 spiro atoms. The van der Waals surface area contributed by atoms with Crippen LogP contribution in [0.2, 0.25) is 0 Å². The largest absolute Gasteiger partial charge is 2.00 e. The summed E-state index contributed by atoms with van der Waals surface area (Å²) in [6.07, 6.45) is 2.24. The van der Waals surface area contributed by atoms with Gasteiger partial charge < -0.3 is 107 Å². The molecule has 4 aromatic carbocycles. The van der Waals surface area contributed by atoms with Crippen molar-refractivity contribution in [2.24, 2.45) is 0 Å². The van der Waals surface area contributed by atoms with E-state index >= 15 is 0 Å². The minimum atomic E-state index is -4.82. The maximum atomic E-state index is 12.7. The normalized spacial score (nSPS) is 9.34. The first-order chi connectivity index (χ1) is 24.5. The van der Waals surface area contributed by atoms with E-state index in [0.717, 1.165) is 24.7 Å². The maximum Gasteiger partial charge on any atom is 2.00 e. The van der Waals surface area contributed by atoms with Crippen LogP contribution in [0.1, 0.15) is 0 Å². The molecule has 2 aromatic heterocycles. The van der Waals surface area contributed by atoms with Gasteiger partial charge in [0.15, 0.2) is 0 Å². The molecule has 30 heteroatoms. The van der Waals surface area contributed by atoms with Gasteiger partial charge in [-0.25, -0.2) is 16.8 Å². The molecule has 0 saturated carbocycles. The molecule has 6 rings (SSSR count). The molecular weight excluding hydrogens is 1040 g/mol. The standard InChI is InChI=1S/2C17H14O8S.Ba.11H2O/c2*1-23-10-6-12(18)16-14(7-10)25-8-11(17(16)19)9-3-4-13(24-2)15(5-9)26(20,21)22;;;;;;;;;;;;/h2*3-8,18H,1-2H3,(H,20,21,22);;11*1H2/q;;+2;;;;;;;;;;;/p-2. The van der Waals surface area contributed by atoms with Crippen LogP contribution in [-0.4, -0.2) is 174 Å². The first kappa shape index (κ1) is 76.4. The van der Waals surface area contributed by atoms with Crippen molar-refractivity contribution in [3.8, 4) is 56.8 Å². The van der Waals surface area contributed by atoms with E-state index in [4.69, 9.17) is 27.8 Å². The number of ether oxygens (including phenoxy) is 4. The summed E-state index contributed by atoms with van der Waals surface area (Å²) in [6, 6.07) is 12.8. The van der Waals surface area contributed by atoms with Crippen molar-refractivity contribution in [1.29, 1.82) is 0 Å². The van der Waals surface area contributed by atoms with Crippen molar-refractivity contribution in [3.63, 3.8) is 0 Å². The van der Waals surface area contributed by atoms with E-state index < -0.39 is 40.9 Å². The van der Waals surface area contributed by atoms with E-state index in [1.807, 2.05) is 0 Å². The second kappa shape index (κ2) is 30.2. The molecule has 0 saturated heterocycles. The zero-order chi connectivity index (χ0) is 38.1. The average Bonchev–Trinajstić information content (AvgIpc) is 3.10. The molecule has 6 aromatic rings. The van der Waals surface area contributed by atoms with Crippen LogP contribution in [-0.2, 0) is 20.2 Å². The molecule has 64 heavy (non-hydrogen) atoms. The Morgan fingerprint density at radius 3 is 1.03 bits per heavy atom. The first-order valence-corrected chi connectivity index (χ1v) is 17.3. The molecule has 0 radical (unpaired) electrons. The Bertz CT molecular complexity index is 2530. The number of rotatable bonds is 8. The third-order valence-electron chi connectivity index (χ3n) is 7.62. The summed E-state index contributed by atoms with van der Waals surface area (Å²) in [5, 5.41) is 20.0. The molecule has 2 heterocycles. The maximum absolute atomic E-state index is 12.7. The predicted octanol–water partition coefficient (Wildman–Crippen LogP) is -5.28. The van der Waals surface area contributed by atoms with Crippen LogP contribution in [0.5, 0.6) is 34.5 Å². The molecule has 0 bridgehead atoms. The second-order valence-electron chi connectivity index (χ2n) is 10.6. The van der Waals surface area contributed by atoms with E-state index in [2.05, 4.69) is 0 Å². The summed E-state index contributed by atoms with van der Waals surface area (Å²) in [5.74, 6) is -0.367. The van der Waals surface area contributed by atoms with Gasteiger partial charge in [0.1, 0.15) is 89.2 Å². The van der Waals surface area contributed by atoms with Gasteiger partial charge in [0.25, 0.3) is 0 Å². The number of benzene rings is 4. The van der Waals surface area contributed by atoms with Crippen LogP contribution in [0.25, 0.3) is 44.2 Å². The minimum Gasteiger partial charge on any atom is -0.744 e. The van der Waals surface area contributed by atoms with Gasteiger partial charge in [0.2, 0.25) is 10.9 Å². The Kier molecular flexibility index (Phi) is 36.1.